The molecule has 10 nitrogen and oxygen atoms in total. The van der Waals surface area contributed by atoms with Crippen LogP contribution in [0.3, 0.4) is 0 Å². The quantitative estimate of drug-likeness (QED) is 0.181. The third-order valence-electron chi connectivity index (χ3n) is 8.22. The predicted molar refractivity (Wildman–Crippen MR) is 178 cm³/mol. The first-order valence-corrected chi connectivity index (χ1v) is 15.8. The molecular weight excluding hydrogens is 627 g/mol. The van der Waals surface area contributed by atoms with Crippen molar-refractivity contribution in [3.8, 4) is 45.4 Å². The van der Waals surface area contributed by atoms with E-state index in [0.29, 0.717) is 72.2 Å². The van der Waals surface area contributed by atoms with E-state index in [-0.39, 0.29) is 23.9 Å². The summed E-state index contributed by atoms with van der Waals surface area (Å²) in [5.41, 5.74) is 6.05. The van der Waals surface area contributed by atoms with E-state index in [9.17, 15) is 9.59 Å². The van der Waals surface area contributed by atoms with Gasteiger partial charge in [-0.1, -0.05) is 71.7 Å². The zero-order valence-electron chi connectivity index (χ0n) is 25.5. The molecule has 12 heteroatoms. The Balaban J connectivity index is 1.25. The molecule has 2 saturated heterocycles. The average Bonchev–Trinajstić information content (AvgIpc) is 3.70. The first-order valence-electron chi connectivity index (χ1n) is 15.0. The molecule has 4 aromatic rings. The van der Waals surface area contributed by atoms with Gasteiger partial charge in [0.25, 0.3) is 0 Å². The van der Waals surface area contributed by atoms with Crippen molar-refractivity contribution in [3.63, 3.8) is 0 Å². The van der Waals surface area contributed by atoms with Crippen LogP contribution >= 0.6 is 23.2 Å². The van der Waals surface area contributed by atoms with Crippen LogP contribution in [0.2, 0.25) is 10.0 Å². The van der Waals surface area contributed by atoms with Gasteiger partial charge in [-0.15, -0.1) is 0 Å². The van der Waals surface area contributed by atoms with Gasteiger partial charge in [0.15, 0.2) is 0 Å². The lowest BCUT2D eigenvalue weighted by Gasteiger charge is -2.16. The van der Waals surface area contributed by atoms with Gasteiger partial charge < -0.3 is 30.7 Å². The topological polar surface area (TPSA) is 126 Å². The molecule has 2 fully saturated rings. The lowest BCUT2D eigenvalue weighted by atomic mass is 9.98. The van der Waals surface area contributed by atoms with E-state index in [2.05, 4.69) is 21.3 Å². The smallest absolute Gasteiger partial charge is 0.221 e. The molecule has 0 radical (unpaired) electrons. The van der Waals surface area contributed by atoms with Crippen LogP contribution in [0.25, 0.3) is 33.6 Å². The maximum atomic E-state index is 11.5. The Morgan fingerprint density at radius 3 is 1.46 bits per heavy atom. The molecule has 2 atom stereocenters. The molecule has 4 N–H and O–H groups in total. The van der Waals surface area contributed by atoms with Crippen molar-refractivity contribution in [2.45, 2.75) is 38.0 Å². The number of aromatic nitrogens is 2. The molecule has 0 spiro atoms. The third kappa shape index (κ3) is 6.80. The van der Waals surface area contributed by atoms with E-state index in [1.165, 1.54) is 0 Å². The second kappa shape index (κ2) is 14.0. The Morgan fingerprint density at radius 2 is 1.09 bits per heavy atom. The molecular formula is C34H34Cl2N6O4. The summed E-state index contributed by atoms with van der Waals surface area (Å²) in [5.74, 6) is 1.06. The van der Waals surface area contributed by atoms with Crippen LogP contribution in [-0.4, -0.2) is 61.2 Å². The number of nitrogens with one attached hydrogen (secondary N) is 4. The lowest BCUT2D eigenvalue weighted by Crippen LogP contribution is -2.30. The number of carbonyl (C=O) groups excluding carboxylic acids is 2. The van der Waals surface area contributed by atoms with Crippen LogP contribution in [0.15, 0.2) is 60.7 Å². The number of nitrogens with zero attached hydrogens (tertiary/aromatic N) is 2. The Labute approximate surface area is 277 Å². The molecule has 2 aliphatic rings. The Morgan fingerprint density at radius 1 is 0.674 bits per heavy atom. The Hall–Kier alpha value is -4.22. The van der Waals surface area contributed by atoms with Crippen molar-refractivity contribution in [1.82, 2.24) is 31.2 Å². The molecule has 6 rings (SSSR count). The fraction of sp³-hybridized carbons (Fsp3) is 0.294. The number of pyridine rings is 2. The number of carbonyl (C=O) groups is 2. The standard InChI is InChI=1S/C34H34Cl2N6O4/c1-45-33-19(15-37-21-13-29(43)39-17-21)9-11-27(41-33)25-7-3-5-23(31(25)35)24-6-4-8-26(32(24)36)28-12-10-20(34(42-28)46-2)16-38-22-14-30(44)40-18-22/h3-12,21-22,37-38H,13-18H2,1-2H3,(H,39,43)(H,40,44)/t21-,22-/m1/s1. The number of hydrogen-bond acceptors (Lipinski definition) is 8. The normalized spacial score (nSPS) is 17.6. The fourth-order valence-corrected chi connectivity index (χ4v) is 6.39. The number of ether oxygens (including phenoxy) is 2. The summed E-state index contributed by atoms with van der Waals surface area (Å²) in [7, 11) is 3.17. The van der Waals surface area contributed by atoms with E-state index >= 15 is 0 Å². The van der Waals surface area contributed by atoms with E-state index in [1.54, 1.807) is 14.2 Å². The first-order chi connectivity index (χ1) is 22.3. The minimum atomic E-state index is 0.0490. The monoisotopic (exact) mass is 660 g/mol. The summed E-state index contributed by atoms with van der Waals surface area (Å²) in [6.45, 7) is 2.24. The number of hydrogen-bond donors (Lipinski definition) is 4. The zero-order valence-corrected chi connectivity index (χ0v) is 27.0. The van der Waals surface area contributed by atoms with Gasteiger partial charge in [-0.2, -0.15) is 0 Å². The summed E-state index contributed by atoms with van der Waals surface area (Å²) >= 11 is 14.1. The molecule has 0 unspecified atom stereocenters. The predicted octanol–water partition coefficient (Wildman–Crippen LogP) is 4.76. The number of methoxy groups -OCH3 is 2. The molecule has 2 aromatic carbocycles. The number of halogens is 2. The summed E-state index contributed by atoms with van der Waals surface area (Å²) < 4.78 is 11.2. The van der Waals surface area contributed by atoms with Crippen molar-refractivity contribution >= 4 is 35.0 Å². The second-order valence-corrected chi connectivity index (χ2v) is 12.0. The molecule has 238 valence electrons. The van der Waals surface area contributed by atoms with Crippen LogP contribution in [0.5, 0.6) is 11.8 Å². The van der Waals surface area contributed by atoms with Crippen LogP contribution < -0.4 is 30.7 Å². The number of rotatable bonds is 11. The van der Waals surface area contributed by atoms with Gasteiger partial charge >= 0.3 is 0 Å². The van der Waals surface area contributed by atoms with E-state index < -0.39 is 0 Å². The van der Waals surface area contributed by atoms with Gasteiger partial charge in [-0.05, 0) is 12.1 Å². The third-order valence-corrected chi connectivity index (χ3v) is 9.04. The highest BCUT2D eigenvalue weighted by molar-refractivity contribution is 6.39. The fourth-order valence-electron chi connectivity index (χ4n) is 5.74. The van der Waals surface area contributed by atoms with Crippen LogP contribution in [-0.2, 0) is 22.7 Å². The van der Waals surface area contributed by atoms with E-state index in [4.69, 9.17) is 42.6 Å². The molecule has 2 aliphatic heterocycles. The largest absolute Gasteiger partial charge is 0.481 e. The van der Waals surface area contributed by atoms with Gasteiger partial charge in [0.05, 0.1) is 35.7 Å². The maximum Gasteiger partial charge on any atom is 0.221 e. The maximum absolute atomic E-state index is 11.5. The van der Waals surface area contributed by atoms with Crippen molar-refractivity contribution in [1.29, 1.82) is 0 Å². The number of benzene rings is 2. The Bertz CT molecular complexity index is 1660. The molecule has 2 amide bonds. The molecule has 4 heterocycles. The van der Waals surface area contributed by atoms with Gasteiger partial charge in [0.2, 0.25) is 23.6 Å². The van der Waals surface area contributed by atoms with Gasteiger partial charge in [0.1, 0.15) is 0 Å². The summed E-state index contributed by atoms with van der Waals surface area (Å²) in [6.07, 6.45) is 0.907. The molecule has 0 bridgehead atoms. The minimum absolute atomic E-state index is 0.0490. The van der Waals surface area contributed by atoms with Gasteiger partial charge in [0, 0.05) is 84.5 Å². The molecule has 46 heavy (non-hydrogen) atoms. The molecule has 0 saturated carbocycles. The zero-order chi connectivity index (χ0) is 32.2. The highest BCUT2D eigenvalue weighted by Crippen LogP contribution is 2.42. The highest BCUT2D eigenvalue weighted by Gasteiger charge is 2.23. The Kier molecular flexibility index (Phi) is 9.70. The van der Waals surface area contributed by atoms with Gasteiger partial charge in [-0.3, -0.25) is 9.59 Å². The second-order valence-electron chi connectivity index (χ2n) is 11.2. The highest BCUT2D eigenvalue weighted by atomic mass is 35.5. The first kappa shape index (κ1) is 31.7. The van der Waals surface area contributed by atoms with Crippen LogP contribution in [0, 0.1) is 0 Å². The molecule has 2 aromatic heterocycles. The van der Waals surface area contributed by atoms with Crippen molar-refractivity contribution in [3.05, 3.63) is 81.8 Å². The van der Waals surface area contributed by atoms with Crippen molar-refractivity contribution < 1.29 is 19.1 Å². The van der Waals surface area contributed by atoms with Crippen LogP contribution in [0.1, 0.15) is 24.0 Å². The molecule has 0 aliphatic carbocycles. The van der Waals surface area contributed by atoms with Gasteiger partial charge in [-0.25, -0.2) is 9.97 Å². The van der Waals surface area contributed by atoms with Crippen molar-refractivity contribution in [2.75, 3.05) is 27.3 Å². The SMILES string of the molecule is COc1nc(-c2cccc(-c3cccc(-c4ccc(CN[C@H]5CNC(=O)C5)c(OC)n4)c3Cl)c2Cl)ccc1CN[C@H]1CNC(=O)C1. The van der Waals surface area contributed by atoms with Crippen molar-refractivity contribution in [2.24, 2.45) is 0 Å². The summed E-state index contributed by atoms with van der Waals surface area (Å²) in [5, 5.41) is 13.4. The minimum Gasteiger partial charge on any atom is -0.481 e. The van der Waals surface area contributed by atoms with E-state index in [1.807, 2.05) is 60.7 Å². The summed E-state index contributed by atoms with van der Waals surface area (Å²) in [6, 6.07) is 19.4. The lowest BCUT2D eigenvalue weighted by molar-refractivity contribution is -0.120. The number of amides is 2. The summed E-state index contributed by atoms with van der Waals surface area (Å²) in [4.78, 5) is 32.6. The van der Waals surface area contributed by atoms with E-state index in [0.717, 1.165) is 33.4 Å². The van der Waals surface area contributed by atoms with Crippen LogP contribution in [0.4, 0.5) is 0 Å². The average molecular weight is 662 g/mol.